The van der Waals surface area contributed by atoms with Crippen molar-refractivity contribution in [2.45, 2.75) is 31.3 Å². The lowest BCUT2D eigenvalue weighted by Gasteiger charge is -2.18. The predicted octanol–water partition coefficient (Wildman–Crippen LogP) is 2.66. The van der Waals surface area contributed by atoms with Crippen LogP contribution in [0.15, 0.2) is 53.4 Å². The molecule has 26 heavy (non-hydrogen) atoms. The minimum Gasteiger partial charge on any atom is -0.480 e. The fourth-order valence-corrected chi connectivity index (χ4v) is 4.43. The maximum atomic E-state index is 12.5. The van der Waals surface area contributed by atoms with Crippen molar-refractivity contribution in [3.05, 3.63) is 54.1 Å². The molecule has 3 rings (SSSR count). The van der Waals surface area contributed by atoms with Crippen LogP contribution in [0, 0.1) is 0 Å². The Labute approximate surface area is 153 Å². The monoisotopic (exact) mass is 374 g/mol. The molecule has 1 amide bonds. The molecule has 2 aromatic carbocycles. The molecule has 1 unspecified atom stereocenters. The van der Waals surface area contributed by atoms with Gasteiger partial charge < -0.3 is 10.1 Å². The van der Waals surface area contributed by atoms with Crippen molar-refractivity contribution in [3.63, 3.8) is 0 Å². The number of carbonyl (C=O) groups excluding carboxylic acids is 1. The van der Waals surface area contributed by atoms with E-state index in [2.05, 4.69) is 5.32 Å². The molecule has 1 aliphatic heterocycles. The molecular formula is C19H22N2O4S. The summed E-state index contributed by atoms with van der Waals surface area (Å²) in [5, 5.41) is 2.78. The summed E-state index contributed by atoms with van der Waals surface area (Å²) in [6.45, 7) is 4.43. The molecular weight excluding hydrogens is 352 g/mol. The number of benzene rings is 2. The van der Waals surface area contributed by atoms with Gasteiger partial charge in [-0.3, -0.25) is 4.79 Å². The maximum Gasteiger partial charge on any atom is 0.265 e. The van der Waals surface area contributed by atoms with E-state index in [1.165, 1.54) is 16.4 Å². The van der Waals surface area contributed by atoms with Crippen LogP contribution in [0.3, 0.4) is 0 Å². The lowest BCUT2D eigenvalue weighted by atomic mass is 10.1. The number of amides is 1. The van der Waals surface area contributed by atoms with Gasteiger partial charge in [-0.25, -0.2) is 8.42 Å². The Morgan fingerprint density at radius 1 is 1.12 bits per heavy atom. The highest BCUT2D eigenvalue weighted by atomic mass is 32.2. The third-order valence-electron chi connectivity index (χ3n) is 4.40. The molecule has 138 valence electrons. The Hall–Kier alpha value is -2.38. The number of anilines is 1. The molecule has 0 aliphatic carbocycles. The molecule has 1 aliphatic rings. The maximum absolute atomic E-state index is 12.5. The van der Waals surface area contributed by atoms with Gasteiger partial charge in [0.2, 0.25) is 10.0 Å². The third kappa shape index (κ3) is 3.59. The van der Waals surface area contributed by atoms with Gasteiger partial charge in [0, 0.05) is 25.2 Å². The SMILES string of the molecule is CCN(CC)S(=O)(=O)c1ccc(NC(=O)C2Cc3ccccc3O2)cc1. The average molecular weight is 374 g/mol. The van der Waals surface area contributed by atoms with Gasteiger partial charge in [0.1, 0.15) is 5.75 Å². The number of para-hydroxylation sites is 1. The summed E-state index contributed by atoms with van der Waals surface area (Å²) in [4.78, 5) is 12.6. The minimum atomic E-state index is -3.50. The number of sulfonamides is 1. The summed E-state index contributed by atoms with van der Waals surface area (Å²) in [6, 6.07) is 13.8. The number of carbonyl (C=O) groups is 1. The molecule has 0 bridgehead atoms. The third-order valence-corrected chi connectivity index (χ3v) is 6.47. The van der Waals surface area contributed by atoms with E-state index in [0.29, 0.717) is 25.2 Å². The zero-order chi connectivity index (χ0) is 18.7. The van der Waals surface area contributed by atoms with Crippen LogP contribution in [0.4, 0.5) is 5.69 Å². The molecule has 1 heterocycles. The van der Waals surface area contributed by atoms with E-state index in [1.54, 1.807) is 26.0 Å². The highest BCUT2D eigenvalue weighted by molar-refractivity contribution is 7.89. The second-order valence-electron chi connectivity index (χ2n) is 6.02. The Bertz CT molecular complexity index is 865. The fraction of sp³-hybridized carbons (Fsp3) is 0.316. The van der Waals surface area contributed by atoms with E-state index in [-0.39, 0.29) is 10.8 Å². The Morgan fingerprint density at radius 3 is 2.38 bits per heavy atom. The molecule has 0 spiro atoms. The first kappa shape index (κ1) is 18.4. The molecule has 7 heteroatoms. The molecule has 1 N–H and O–H groups in total. The second kappa shape index (κ2) is 7.47. The molecule has 0 aromatic heterocycles. The highest BCUT2D eigenvalue weighted by Crippen LogP contribution is 2.28. The molecule has 0 radical (unpaired) electrons. The largest absolute Gasteiger partial charge is 0.480 e. The van der Waals surface area contributed by atoms with Gasteiger partial charge in [0.25, 0.3) is 5.91 Å². The average Bonchev–Trinajstić information content (AvgIpc) is 3.07. The van der Waals surface area contributed by atoms with Gasteiger partial charge in [-0.15, -0.1) is 0 Å². The lowest BCUT2D eigenvalue weighted by Crippen LogP contribution is -2.31. The smallest absolute Gasteiger partial charge is 0.265 e. The standard InChI is InChI=1S/C19H22N2O4S/c1-3-21(4-2)26(23,24)16-11-9-15(10-12-16)20-19(22)18-13-14-7-5-6-8-17(14)25-18/h5-12,18H,3-4,13H2,1-2H3,(H,20,22). The lowest BCUT2D eigenvalue weighted by molar-refractivity contribution is -0.122. The number of hydrogen-bond donors (Lipinski definition) is 1. The normalized spacial score (nSPS) is 16.2. The van der Waals surface area contributed by atoms with Crippen LogP contribution < -0.4 is 10.1 Å². The van der Waals surface area contributed by atoms with Crippen molar-refractivity contribution in [1.82, 2.24) is 4.31 Å². The van der Waals surface area contributed by atoms with Gasteiger partial charge in [0.15, 0.2) is 6.10 Å². The number of fused-ring (bicyclic) bond motifs is 1. The van der Waals surface area contributed by atoms with E-state index >= 15 is 0 Å². The van der Waals surface area contributed by atoms with Crippen molar-refractivity contribution in [1.29, 1.82) is 0 Å². The van der Waals surface area contributed by atoms with Gasteiger partial charge in [-0.1, -0.05) is 32.0 Å². The molecule has 6 nitrogen and oxygen atoms in total. The Kier molecular flexibility index (Phi) is 5.29. The van der Waals surface area contributed by atoms with E-state index in [4.69, 9.17) is 4.74 Å². The van der Waals surface area contributed by atoms with Crippen molar-refractivity contribution in [2.24, 2.45) is 0 Å². The van der Waals surface area contributed by atoms with Crippen molar-refractivity contribution in [3.8, 4) is 5.75 Å². The van der Waals surface area contributed by atoms with Crippen LogP contribution in [0.1, 0.15) is 19.4 Å². The number of rotatable bonds is 6. The molecule has 0 saturated heterocycles. The quantitative estimate of drug-likeness (QED) is 0.843. The van der Waals surface area contributed by atoms with Crippen LogP contribution in [-0.2, 0) is 21.2 Å². The van der Waals surface area contributed by atoms with E-state index < -0.39 is 16.1 Å². The summed E-state index contributed by atoms with van der Waals surface area (Å²) >= 11 is 0. The van der Waals surface area contributed by atoms with Gasteiger partial charge in [-0.05, 0) is 35.9 Å². The summed E-state index contributed by atoms with van der Waals surface area (Å²) in [7, 11) is -3.50. The molecule has 1 atom stereocenters. The zero-order valence-electron chi connectivity index (χ0n) is 14.8. The first-order valence-electron chi connectivity index (χ1n) is 8.61. The summed E-state index contributed by atoms with van der Waals surface area (Å²) in [5.41, 5.74) is 1.54. The minimum absolute atomic E-state index is 0.212. The van der Waals surface area contributed by atoms with Crippen molar-refractivity contribution >= 4 is 21.6 Å². The highest BCUT2D eigenvalue weighted by Gasteiger charge is 2.29. The fourth-order valence-electron chi connectivity index (χ4n) is 2.97. The van der Waals surface area contributed by atoms with Crippen LogP contribution in [0.2, 0.25) is 0 Å². The van der Waals surface area contributed by atoms with Gasteiger partial charge in [0.05, 0.1) is 4.90 Å². The predicted molar refractivity (Wildman–Crippen MR) is 99.7 cm³/mol. The van der Waals surface area contributed by atoms with Crippen LogP contribution >= 0.6 is 0 Å². The Balaban J connectivity index is 1.68. The molecule has 0 fully saturated rings. The number of hydrogen-bond acceptors (Lipinski definition) is 4. The first-order chi connectivity index (χ1) is 12.5. The van der Waals surface area contributed by atoms with Crippen LogP contribution in [0.5, 0.6) is 5.75 Å². The summed E-state index contributed by atoms with van der Waals surface area (Å²) < 4.78 is 32.0. The summed E-state index contributed by atoms with van der Waals surface area (Å²) in [5.74, 6) is 0.480. The van der Waals surface area contributed by atoms with E-state index in [9.17, 15) is 13.2 Å². The van der Waals surface area contributed by atoms with Crippen LogP contribution in [0.25, 0.3) is 0 Å². The topological polar surface area (TPSA) is 75.7 Å². The first-order valence-corrected chi connectivity index (χ1v) is 10.0. The van der Waals surface area contributed by atoms with Gasteiger partial charge >= 0.3 is 0 Å². The van der Waals surface area contributed by atoms with Crippen molar-refractivity contribution < 1.29 is 17.9 Å². The Morgan fingerprint density at radius 2 is 1.77 bits per heavy atom. The zero-order valence-corrected chi connectivity index (χ0v) is 15.6. The number of ether oxygens (including phenoxy) is 1. The summed E-state index contributed by atoms with van der Waals surface area (Å²) in [6.07, 6.45) is -0.0531. The van der Waals surface area contributed by atoms with Gasteiger partial charge in [-0.2, -0.15) is 4.31 Å². The number of nitrogens with one attached hydrogen (secondary N) is 1. The van der Waals surface area contributed by atoms with E-state index in [0.717, 1.165) is 11.3 Å². The second-order valence-corrected chi connectivity index (χ2v) is 7.96. The number of nitrogens with zero attached hydrogens (tertiary/aromatic N) is 1. The van der Waals surface area contributed by atoms with Crippen LogP contribution in [-0.4, -0.2) is 37.8 Å². The van der Waals surface area contributed by atoms with E-state index in [1.807, 2.05) is 24.3 Å². The van der Waals surface area contributed by atoms with Crippen molar-refractivity contribution in [2.75, 3.05) is 18.4 Å². The molecule has 2 aromatic rings. The molecule has 0 saturated carbocycles.